The highest BCUT2D eigenvalue weighted by Gasteiger charge is 2.30. The Morgan fingerprint density at radius 2 is 1.86 bits per heavy atom. The third kappa shape index (κ3) is 6.42. The molecule has 0 aliphatic rings. The van der Waals surface area contributed by atoms with Crippen molar-refractivity contribution >= 4 is 44.8 Å². The zero-order valence-electron chi connectivity index (χ0n) is 16.2. The molecule has 2 aromatic carbocycles. The summed E-state index contributed by atoms with van der Waals surface area (Å²) in [5.41, 5.74) is 0.136. The minimum atomic E-state index is -3.80. The molecule has 1 unspecified atom stereocenters. The van der Waals surface area contributed by atoms with E-state index in [2.05, 4.69) is 5.32 Å². The van der Waals surface area contributed by atoms with E-state index in [1.807, 2.05) is 0 Å². The molecule has 1 N–H and O–H groups in total. The summed E-state index contributed by atoms with van der Waals surface area (Å²) >= 11 is 12.1. The van der Waals surface area contributed by atoms with Crippen molar-refractivity contribution in [3.05, 3.63) is 52.5 Å². The molecular formula is C19H22Cl2N2O5S. The number of sulfonamides is 1. The second-order valence-electron chi connectivity index (χ2n) is 6.15. The van der Waals surface area contributed by atoms with Crippen molar-refractivity contribution in [2.24, 2.45) is 0 Å². The van der Waals surface area contributed by atoms with Gasteiger partial charge < -0.3 is 14.8 Å². The number of hydrogen-bond donors (Lipinski definition) is 1. The van der Waals surface area contributed by atoms with Crippen LogP contribution in [0, 0.1) is 0 Å². The molecule has 0 saturated heterocycles. The predicted octanol–water partition coefficient (Wildman–Crippen LogP) is 3.35. The minimum absolute atomic E-state index is 0.136. The number of halogens is 2. The molecule has 158 valence electrons. The van der Waals surface area contributed by atoms with Gasteiger partial charge >= 0.3 is 0 Å². The third-order valence-electron chi connectivity index (χ3n) is 3.95. The molecular weight excluding hydrogens is 439 g/mol. The molecule has 0 aliphatic carbocycles. The first-order valence-electron chi connectivity index (χ1n) is 8.62. The Labute approximate surface area is 180 Å². The van der Waals surface area contributed by atoms with E-state index < -0.39 is 22.0 Å². The van der Waals surface area contributed by atoms with Crippen LogP contribution in [0.4, 0.5) is 5.69 Å². The van der Waals surface area contributed by atoms with E-state index in [1.165, 1.54) is 25.1 Å². The highest BCUT2D eigenvalue weighted by Crippen LogP contribution is 2.32. The molecule has 0 aliphatic heterocycles. The van der Waals surface area contributed by atoms with Crippen molar-refractivity contribution in [2.75, 3.05) is 30.8 Å². The highest BCUT2D eigenvalue weighted by molar-refractivity contribution is 7.92. The van der Waals surface area contributed by atoms with E-state index in [9.17, 15) is 13.2 Å². The largest absolute Gasteiger partial charge is 0.497 e. The first kappa shape index (κ1) is 23.1. The van der Waals surface area contributed by atoms with Crippen LogP contribution in [0.1, 0.15) is 6.92 Å². The number of rotatable bonds is 9. The van der Waals surface area contributed by atoms with Gasteiger partial charge in [-0.05, 0) is 37.3 Å². The average molecular weight is 461 g/mol. The molecule has 2 aromatic rings. The van der Waals surface area contributed by atoms with Gasteiger partial charge in [0.05, 0.1) is 30.6 Å². The smallest absolute Gasteiger partial charge is 0.243 e. The summed E-state index contributed by atoms with van der Waals surface area (Å²) in [6.07, 6.45) is 1.000. The van der Waals surface area contributed by atoms with Crippen LogP contribution in [0.25, 0.3) is 0 Å². The summed E-state index contributed by atoms with van der Waals surface area (Å²) < 4.78 is 36.3. The van der Waals surface area contributed by atoms with Gasteiger partial charge in [-0.25, -0.2) is 8.42 Å². The van der Waals surface area contributed by atoms with Crippen molar-refractivity contribution in [1.29, 1.82) is 0 Å². The number of ether oxygens (including phenoxy) is 2. The summed E-state index contributed by atoms with van der Waals surface area (Å²) in [7, 11) is -2.24. The second-order valence-corrected chi connectivity index (χ2v) is 8.85. The number of nitrogens with one attached hydrogen (secondary N) is 1. The lowest BCUT2D eigenvalue weighted by atomic mass is 10.2. The Hall–Kier alpha value is -2.16. The van der Waals surface area contributed by atoms with Crippen LogP contribution < -0.4 is 19.1 Å². The zero-order valence-corrected chi connectivity index (χ0v) is 18.5. The number of anilines is 1. The Kier molecular flexibility index (Phi) is 8.01. The Bertz CT molecular complexity index is 969. The number of hydrogen-bond acceptors (Lipinski definition) is 5. The predicted molar refractivity (Wildman–Crippen MR) is 115 cm³/mol. The molecule has 0 spiro atoms. The lowest BCUT2D eigenvalue weighted by Crippen LogP contribution is -2.48. The molecule has 1 amide bonds. The summed E-state index contributed by atoms with van der Waals surface area (Å²) in [6.45, 7) is 1.85. The number of methoxy groups -OCH3 is 1. The summed E-state index contributed by atoms with van der Waals surface area (Å²) in [4.78, 5) is 12.5. The molecule has 0 radical (unpaired) electrons. The molecule has 1 atom stereocenters. The average Bonchev–Trinajstić information content (AvgIpc) is 2.67. The highest BCUT2D eigenvalue weighted by atomic mass is 35.5. The summed E-state index contributed by atoms with van der Waals surface area (Å²) in [6, 6.07) is 10.4. The van der Waals surface area contributed by atoms with Crippen LogP contribution in [-0.2, 0) is 14.8 Å². The molecule has 0 saturated carbocycles. The molecule has 0 fully saturated rings. The third-order valence-corrected chi connectivity index (χ3v) is 5.73. The Morgan fingerprint density at radius 3 is 2.52 bits per heavy atom. The van der Waals surface area contributed by atoms with Crippen molar-refractivity contribution in [3.8, 4) is 11.5 Å². The van der Waals surface area contributed by atoms with Gasteiger partial charge in [0.2, 0.25) is 15.9 Å². The molecule has 29 heavy (non-hydrogen) atoms. The normalized spacial score (nSPS) is 12.2. The van der Waals surface area contributed by atoms with Crippen LogP contribution in [0.15, 0.2) is 42.5 Å². The van der Waals surface area contributed by atoms with Crippen LogP contribution in [0.5, 0.6) is 11.5 Å². The topological polar surface area (TPSA) is 84.9 Å². The number of amides is 1. The van der Waals surface area contributed by atoms with Gasteiger partial charge in [-0.1, -0.05) is 29.3 Å². The summed E-state index contributed by atoms with van der Waals surface area (Å²) in [5.74, 6) is 0.748. The van der Waals surface area contributed by atoms with Gasteiger partial charge in [-0.3, -0.25) is 9.10 Å². The van der Waals surface area contributed by atoms with Gasteiger partial charge in [-0.15, -0.1) is 0 Å². The van der Waals surface area contributed by atoms with E-state index >= 15 is 0 Å². The van der Waals surface area contributed by atoms with Crippen LogP contribution in [0.2, 0.25) is 10.0 Å². The van der Waals surface area contributed by atoms with Gasteiger partial charge in [0.1, 0.15) is 24.1 Å². The van der Waals surface area contributed by atoms with E-state index in [1.54, 1.807) is 31.4 Å². The second kappa shape index (κ2) is 10.0. The number of carbonyl (C=O) groups is 1. The van der Waals surface area contributed by atoms with Gasteiger partial charge in [0.15, 0.2) is 0 Å². The maximum absolute atomic E-state index is 12.5. The standard InChI is InChI=1S/C19H22Cl2N2O5S/c1-13(23(29(3,25)26)18-11-14(20)7-8-17(18)21)19(24)22-9-10-28-16-6-4-5-15(12-16)27-2/h4-8,11-13H,9-10H2,1-3H3,(H,22,24). The molecule has 7 nitrogen and oxygen atoms in total. The SMILES string of the molecule is COc1cccc(OCCNC(=O)C(C)N(c2cc(Cl)ccc2Cl)S(C)(=O)=O)c1. The fourth-order valence-electron chi connectivity index (χ4n) is 2.62. The monoisotopic (exact) mass is 460 g/mol. The Balaban J connectivity index is 2.03. The van der Waals surface area contributed by atoms with E-state index in [0.717, 1.165) is 10.6 Å². The number of carbonyl (C=O) groups excluding carboxylic acids is 1. The lowest BCUT2D eigenvalue weighted by Gasteiger charge is -2.29. The number of nitrogens with zero attached hydrogens (tertiary/aromatic N) is 1. The fraction of sp³-hybridized carbons (Fsp3) is 0.316. The maximum atomic E-state index is 12.5. The fourth-order valence-corrected chi connectivity index (χ4v) is 4.22. The van der Waals surface area contributed by atoms with Crippen LogP contribution in [0.3, 0.4) is 0 Å². The van der Waals surface area contributed by atoms with Gasteiger partial charge in [-0.2, -0.15) is 0 Å². The van der Waals surface area contributed by atoms with Gasteiger partial charge in [0, 0.05) is 11.1 Å². The maximum Gasteiger partial charge on any atom is 0.243 e. The Morgan fingerprint density at radius 1 is 1.17 bits per heavy atom. The van der Waals surface area contributed by atoms with E-state index in [4.69, 9.17) is 32.7 Å². The van der Waals surface area contributed by atoms with Crippen molar-refractivity contribution in [1.82, 2.24) is 5.32 Å². The van der Waals surface area contributed by atoms with E-state index in [-0.39, 0.29) is 23.9 Å². The van der Waals surface area contributed by atoms with Crippen LogP contribution >= 0.6 is 23.2 Å². The molecule has 2 rings (SSSR count). The quantitative estimate of drug-likeness (QED) is 0.579. The van der Waals surface area contributed by atoms with E-state index in [0.29, 0.717) is 16.5 Å². The molecule has 10 heteroatoms. The molecule has 0 bridgehead atoms. The lowest BCUT2D eigenvalue weighted by molar-refractivity contribution is -0.121. The summed E-state index contributed by atoms with van der Waals surface area (Å²) in [5, 5.41) is 3.13. The van der Waals surface area contributed by atoms with Crippen molar-refractivity contribution in [3.63, 3.8) is 0 Å². The van der Waals surface area contributed by atoms with Gasteiger partial charge in [0.25, 0.3) is 0 Å². The minimum Gasteiger partial charge on any atom is -0.497 e. The molecule has 0 heterocycles. The first-order chi connectivity index (χ1) is 13.6. The number of benzene rings is 2. The first-order valence-corrected chi connectivity index (χ1v) is 11.2. The van der Waals surface area contributed by atoms with Crippen LogP contribution in [-0.4, -0.2) is 46.9 Å². The molecule has 0 aromatic heterocycles. The van der Waals surface area contributed by atoms with Crippen molar-refractivity contribution < 1.29 is 22.7 Å². The van der Waals surface area contributed by atoms with Crippen molar-refractivity contribution in [2.45, 2.75) is 13.0 Å². The zero-order chi connectivity index (χ0) is 21.6.